The number of aryl methyl sites for hydroxylation is 1. The van der Waals surface area contributed by atoms with Gasteiger partial charge in [0.05, 0.1) is 6.04 Å². The Kier molecular flexibility index (Phi) is 6.75. The smallest absolute Gasteiger partial charge is 0.110 e. The van der Waals surface area contributed by atoms with E-state index < -0.39 is 0 Å². The molecule has 17 heavy (non-hydrogen) atoms. The SMILES string of the molecule is CCCCCCC(C)NC(C)c1nc(C)cs1. The molecule has 2 atom stereocenters. The summed E-state index contributed by atoms with van der Waals surface area (Å²) < 4.78 is 0. The molecular weight excluding hydrogens is 228 g/mol. The molecule has 0 aliphatic carbocycles. The molecule has 1 aromatic heterocycles. The molecule has 0 saturated heterocycles. The third kappa shape index (κ3) is 5.64. The Morgan fingerprint density at radius 1 is 1.29 bits per heavy atom. The minimum atomic E-state index is 0.384. The van der Waals surface area contributed by atoms with E-state index in [0.717, 1.165) is 5.69 Å². The molecule has 0 amide bonds. The van der Waals surface area contributed by atoms with Crippen LogP contribution in [0.4, 0.5) is 0 Å². The van der Waals surface area contributed by atoms with Gasteiger partial charge in [-0.25, -0.2) is 4.98 Å². The summed E-state index contributed by atoms with van der Waals surface area (Å²) in [6.07, 6.45) is 6.66. The summed E-state index contributed by atoms with van der Waals surface area (Å²) in [6, 6.07) is 0.973. The second-order valence-corrected chi connectivity index (χ2v) is 5.86. The predicted octanol–water partition coefficient (Wildman–Crippen LogP) is 4.46. The molecule has 1 aromatic rings. The molecule has 0 radical (unpaired) electrons. The standard InChI is InChI=1S/C14H26N2S/c1-5-6-7-8-9-11(2)15-13(4)14-16-12(3)10-17-14/h10-11,13,15H,5-9H2,1-4H3. The molecule has 0 saturated carbocycles. The van der Waals surface area contributed by atoms with Crippen molar-refractivity contribution in [3.8, 4) is 0 Å². The molecule has 1 N–H and O–H groups in total. The van der Waals surface area contributed by atoms with Gasteiger partial charge in [-0.15, -0.1) is 11.3 Å². The molecule has 1 rings (SSSR count). The lowest BCUT2D eigenvalue weighted by Crippen LogP contribution is -2.28. The summed E-state index contributed by atoms with van der Waals surface area (Å²) >= 11 is 1.76. The summed E-state index contributed by atoms with van der Waals surface area (Å²) in [5, 5.41) is 6.97. The van der Waals surface area contributed by atoms with Crippen molar-refractivity contribution in [3.05, 3.63) is 16.1 Å². The highest BCUT2D eigenvalue weighted by Crippen LogP contribution is 2.18. The molecule has 98 valence electrons. The zero-order valence-electron chi connectivity index (χ0n) is 11.6. The minimum Gasteiger partial charge on any atom is -0.306 e. The molecule has 0 spiro atoms. The van der Waals surface area contributed by atoms with Crippen LogP contribution >= 0.6 is 11.3 Å². The summed E-state index contributed by atoms with van der Waals surface area (Å²) in [6.45, 7) is 8.80. The highest BCUT2D eigenvalue weighted by atomic mass is 32.1. The van der Waals surface area contributed by atoms with Crippen LogP contribution in [0.2, 0.25) is 0 Å². The molecule has 0 aliphatic heterocycles. The molecule has 3 heteroatoms. The Morgan fingerprint density at radius 3 is 2.65 bits per heavy atom. The highest BCUT2D eigenvalue weighted by molar-refractivity contribution is 7.09. The Labute approximate surface area is 110 Å². The van der Waals surface area contributed by atoms with E-state index >= 15 is 0 Å². The zero-order valence-corrected chi connectivity index (χ0v) is 12.4. The first-order valence-corrected chi connectivity index (χ1v) is 7.69. The molecule has 0 aliphatic rings. The normalized spacial score (nSPS) is 14.8. The molecule has 2 unspecified atom stereocenters. The largest absolute Gasteiger partial charge is 0.306 e. The Morgan fingerprint density at radius 2 is 2.06 bits per heavy atom. The van der Waals surface area contributed by atoms with E-state index in [1.165, 1.54) is 37.1 Å². The summed E-state index contributed by atoms with van der Waals surface area (Å²) in [4.78, 5) is 4.53. The predicted molar refractivity (Wildman–Crippen MR) is 76.6 cm³/mol. The maximum absolute atomic E-state index is 4.53. The lowest BCUT2D eigenvalue weighted by Gasteiger charge is -2.18. The van der Waals surface area contributed by atoms with Crippen LogP contribution < -0.4 is 5.32 Å². The monoisotopic (exact) mass is 254 g/mol. The van der Waals surface area contributed by atoms with Gasteiger partial charge in [-0.05, 0) is 27.2 Å². The summed E-state index contributed by atoms with van der Waals surface area (Å²) in [5.41, 5.74) is 1.13. The summed E-state index contributed by atoms with van der Waals surface area (Å²) in [5.74, 6) is 0. The van der Waals surface area contributed by atoms with E-state index in [9.17, 15) is 0 Å². The van der Waals surface area contributed by atoms with Crippen LogP contribution in [0.15, 0.2) is 5.38 Å². The molecular formula is C14H26N2S. The van der Waals surface area contributed by atoms with Gasteiger partial charge < -0.3 is 5.32 Å². The van der Waals surface area contributed by atoms with Crippen molar-refractivity contribution in [2.24, 2.45) is 0 Å². The van der Waals surface area contributed by atoms with Gasteiger partial charge in [0.25, 0.3) is 0 Å². The van der Waals surface area contributed by atoms with Gasteiger partial charge >= 0.3 is 0 Å². The van der Waals surface area contributed by atoms with Crippen molar-refractivity contribution in [1.29, 1.82) is 0 Å². The topological polar surface area (TPSA) is 24.9 Å². The van der Waals surface area contributed by atoms with E-state index in [4.69, 9.17) is 0 Å². The number of aromatic nitrogens is 1. The third-order valence-corrected chi connectivity index (χ3v) is 4.18. The molecule has 2 nitrogen and oxygen atoms in total. The first kappa shape index (κ1) is 14.7. The van der Waals surface area contributed by atoms with Gasteiger partial charge in [0.15, 0.2) is 0 Å². The van der Waals surface area contributed by atoms with Crippen molar-refractivity contribution in [2.75, 3.05) is 0 Å². The van der Waals surface area contributed by atoms with Crippen molar-refractivity contribution in [2.45, 2.75) is 71.9 Å². The first-order valence-electron chi connectivity index (χ1n) is 6.81. The zero-order chi connectivity index (χ0) is 12.7. The Balaban J connectivity index is 2.23. The Bertz CT molecular complexity index is 309. The minimum absolute atomic E-state index is 0.384. The number of nitrogens with one attached hydrogen (secondary N) is 1. The quantitative estimate of drug-likeness (QED) is 0.693. The number of hydrogen-bond acceptors (Lipinski definition) is 3. The van der Waals surface area contributed by atoms with Crippen molar-refractivity contribution in [3.63, 3.8) is 0 Å². The van der Waals surface area contributed by atoms with Gasteiger partial charge in [-0.2, -0.15) is 0 Å². The van der Waals surface area contributed by atoms with Crippen LogP contribution in [0.5, 0.6) is 0 Å². The fourth-order valence-corrected chi connectivity index (χ4v) is 2.84. The van der Waals surface area contributed by atoms with E-state index in [0.29, 0.717) is 12.1 Å². The van der Waals surface area contributed by atoms with E-state index in [1.807, 2.05) is 0 Å². The number of thiazole rings is 1. The maximum Gasteiger partial charge on any atom is 0.110 e. The van der Waals surface area contributed by atoms with Crippen LogP contribution in [0.25, 0.3) is 0 Å². The van der Waals surface area contributed by atoms with Crippen molar-refractivity contribution >= 4 is 11.3 Å². The second-order valence-electron chi connectivity index (χ2n) is 4.97. The van der Waals surface area contributed by atoms with Crippen LogP contribution in [0.3, 0.4) is 0 Å². The average molecular weight is 254 g/mol. The van der Waals surface area contributed by atoms with Crippen LogP contribution in [0.1, 0.15) is 69.6 Å². The number of hydrogen-bond donors (Lipinski definition) is 1. The van der Waals surface area contributed by atoms with Crippen molar-refractivity contribution < 1.29 is 0 Å². The van der Waals surface area contributed by atoms with Gasteiger partial charge in [-0.3, -0.25) is 0 Å². The Hall–Kier alpha value is -0.410. The van der Waals surface area contributed by atoms with Crippen molar-refractivity contribution in [1.82, 2.24) is 10.3 Å². The maximum atomic E-state index is 4.53. The van der Waals surface area contributed by atoms with Gasteiger partial charge in [0.2, 0.25) is 0 Å². The average Bonchev–Trinajstić information content (AvgIpc) is 2.71. The number of rotatable bonds is 8. The molecule has 0 fully saturated rings. The first-order chi connectivity index (χ1) is 8.13. The fourth-order valence-electron chi connectivity index (χ4n) is 2.03. The number of unbranched alkanes of at least 4 members (excludes halogenated alkanes) is 3. The van der Waals surface area contributed by atoms with Gasteiger partial charge in [0, 0.05) is 17.1 Å². The highest BCUT2D eigenvalue weighted by Gasteiger charge is 2.11. The van der Waals surface area contributed by atoms with E-state index in [1.54, 1.807) is 11.3 Å². The summed E-state index contributed by atoms with van der Waals surface area (Å²) in [7, 11) is 0. The number of nitrogens with zero attached hydrogens (tertiary/aromatic N) is 1. The van der Waals surface area contributed by atoms with Gasteiger partial charge in [0.1, 0.15) is 5.01 Å². The van der Waals surface area contributed by atoms with E-state index in [-0.39, 0.29) is 0 Å². The fraction of sp³-hybridized carbons (Fsp3) is 0.786. The lowest BCUT2D eigenvalue weighted by molar-refractivity contribution is 0.437. The molecule has 1 heterocycles. The van der Waals surface area contributed by atoms with Gasteiger partial charge in [-0.1, -0.05) is 32.6 Å². The molecule has 0 aromatic carbocycles. The second kappa shape index (κ2) is 7.83. The third-order valence-electron chi connectivity index (χ3n) is 3.03. The van der Waals surface area contributed by atoms with Crippen LogP contribution in [-0.2, 0) is 0 Å². The molecule has 0 bridgehead atoms. The lowest BCUT2D eigenvalue weighted by atomic mass is 10.1. The van der Waals surface area contributed by atoms with E-state index in [2.05, 4.69) is 43.4 Å². The van der Waals surface area contributed by atoms with Crippen LogP contribution in [0, 0.1) is 6.92 Å². The van der Waals surface area contributed by atoms with Crippen LogP contribution in [-0.4, -0.2) is 11.0 Å².